The van der Waals surface area contributed by atoms with Crippen LogP contribution in [0.2, 0.25) is 0 Å². The summed E-state index contributed by atoms with van der Waals surface area (Å²) in [5, 5.41) is 10.4. The number of nitro benzene ring substituents is 1. The summed E-state index contributed by atoms with van der Waals surface area (Å²) in [6.07, 6.45) is 0.973. The van der Waals surface area contributed by atoms with Crippen LogP contribution in [0.4, 0.5) is 10.1 Å². The number of nitro groups is 1. The third-order valence-electron chi connectivity index (χ3n) is 1.61. The van der Waals surface area contributed by atoms with E-state index < -0.39 is 10.7 Å². The molecule has 0 aliphatic rings. The van der Waals surface area contributed by atoms with Crippen LogP contribution in [0.25, 0.3) is 11.1 Å². The summed E-state index contributed by atoms with van der Waals surface area (Å²) in [7, 11) is 0. The van der Waals surface area contributed by atoms with Crippen LogP contribution in [0.5, 0.6) is 0 Å². The van der Waals surface area contributed by atoms with Crippen molar-refractivity contribution in [3.8, 4) is 0 Å². The Morgan fingerprint density at radius 3 is 3.00 bits per heavy atom. The molecule has 0 spiro atoms. The Morgan fingerprint density at radius 1 is 1.54 bits per heavy atom. The van der Waals surface area contributed by atoms with Crippen molar-refractivity contribution >= 4 is 16.8 Å². The van der Waals surface area contributed by atoms with Gasteiger partial charge in [0.1, 0.15) is 0 Å². The van der Waals surface area contributed by atoms with Crippen molar-refractivity contribution in [2.45, 2.75) is 0 Å². The molecule has 0 saturated carbocycles. The summed E-state index contributed by atoms with van der Waals surface area (Å²) in [4.78, 5) is 13.3. The summed E-state index contributed by atoms with van der Waals surface area (Å²) < 4.78 is 17.6. The summed E-state index contributed by atoms with van der Waals surface area (Å²) in [6, 6.07) is 2.03. The van der Waals surface area contributed by atoms with Gasteiger partial charge in [-0.05, 0) is 6.07 Å². The van der Waals surface area contributed by atoms with Crippen LogP contribution < -0.4 is 0 Å². The lowest BCUT2D eigenvalue weighted by Gasteiger charge is -1.91. The van der Waals surface area contributed by atoms with Crippen LogP contribution >= 0.6 is 0 Å². The van der Waals surface area contributed by atoms with Crippen molar-refractivity contribution in [1.82, 2.24) is 4.98 Å². The fraction of sp³-hybridized carbons (Fsp3) is 0. The molecule has 0 unspecified atom stereocenters. The molecule has 0 saturated heterocycles. The molecule has 0 amide bonds. The molecule has 66 valence electrons. The first-order valence-electron chi connectivity index (χ1n) is 3.36. The van der Waals surface area contributed by atoms with E-state index in [4.69, 9.17) is 4.42 Å². The zero-order valence-corrected chi connectivity index (χ0v) is 6.23. The van der Waals surface area contributed by atoms with Gasteiger partial charge in [0.2, 0.25) is 5.58 Å². The quantitative estimate of drug-likeness (QED) is 0.498. The van der Waals surface area contributed by atoms with Crippen LogP contribution in [0.1, 0.15) is 0 Å². The first-order chi connectivity index (χ1) is 6.20. The largest absolute Gasteiger partial charge is 0.436 e. The van der Waals surface area contributed by atoms with Crippen LogP contribution in [-0.2, 0) is 0 Å². The molecule has 0 N–H and O–H groups in total. The Balaban J connectivity index is 2.86. The zero-order chi connectivity index (χ0) is 9.42. The van der Waals surface area contributed by atoms with Crippen LogP contribution in [0, 0.1) is 15.9 Å². The highest BCUT2D eigenvalue weighted by Gasteiger charge is 2.18. The lowest BCUT2D eigenvalue weighted by Crippen LogP contribution is -1.89. The molecule has 0 aliphatic heterocycles. The van der Waals surface area contributed by atoms with Gasteiger partial charge in [0, 0.05) is 6.07 Å². The molecular weight excluding hydrogens is 179 g/mol. The molecule has 2 rings (SSSR count). The molecule has 0 radical (unpaired) electrons. The zero-order valence-electron chi connectivity index (χ0n) is 6.23. The average molecular weight is 182 g/mol. The lowest BCUT2D eigenvalue weighted by molar-refractivity contribution is -0.383. The van der Waals surface area contributed by atoms with Gasteiger partial charge in [-0.1, -0.05) is 0 Å². The highest BCUT2D eigenvalue weighted by atomic mass is 19.1. The van der Waals surface area contributed by atoms with E-state index in [1.165, 1.54) is 0 Å². The second-order valence-corrected chi connectivity index (χ2v) is 2.35. The second kappa shape index (κ2) is 2.51. The first-order valence-corrected chi connectivity index (χ1v) is 3.36. The number of benzene rings is 1. The second-order valence-electron chi connectivity index (χ2n) is 2.35. The summed E-state index contributed by atoms with van der Waals surface area (Å²) in [6.45, 7) is 0. The summed E-state index contributed by atoms with van der Waals surface area (Å²) in [5.41, 5.74) is -0.534. The molecule has 2 aromatic rings. The van der Waals surface area contributed by atoms with Crippen molar-refractivity contribution in [2.24, 2.45) is 0 Å². The first kappa shape index (κ1) is 7.66. The predicted molar refractivity (Wildman–Crippen MR) is 40.6 cm³/mol. The van der Waals surface area contributed by atoms with Crippen LogP contribution in [0.15, 0.2) is 22.9 Å². The van der Waals surface area contributed by atoms with Gasteiger partial charge in [0.25, 0.3) is 0 Å². The molecule has 0 bridgehead atoms. The maximum Gasteiger partial charge on any atom is 0.314 e. The van der Waals surface area contributed by atoms with Crippen LogP contribution in [0.3, 0.4) is 0 Å². The van der Waals surface area contributed by atoms with E-state index in [2.05, 4.69) is 4.98 Å². The Bertz CT molecular complexity index is 480. The van der Waals surface area contributed by atoms with Gasteiger partial charge in [-0.25, -0.2) is 9.37 Å². The fourth-order valence-electron chi connectivity index (χ4n) is 1.05. The van der Waals surface area contributed by atoms with E-state index in [0.717, 1.165) is 18.5 Å². The summed E-state index contributed by atoms with van der Waals surface area (Å²) >= 11 is 0. The number of rotatable bonds is 1. The number of nitrogens with zero attached hydrogens (tertiary/aromatic N) is 2. The van der Waals surface area contributed by atoms with E-state index in [9.17, 15) is 14.5 Å². The standard InChI is InChI=1S/C7H3FN2O3/c8-4-1-2-5(10(11)12)7-6(4)9-3-13-7/h1-3H. The topological polar surface area (TPSA) is 69.2 Å². The van der Waals surface area contributed by atoms with E-state index >= 15 is 0 Å². The Kier molecular flexibility index (Phi) is 1.48. The normalized spacial score (nSPS) is 10.5. The van der Waals surface area contributed by atoms with Crippen molar-refractivity contribution in [2.75, 3.05) is 0 Å². The van der Waals surface area contributed by atoms with Gasteiger partial charge < -0.3 is 4.42 Å². The minimum atomic E-state index is -0.646. The van der Waals surface area contributed by atoms with Crippen molar-refractivity contribution in [1.29, 1.82) is 0 Å². The third kappa shape index (κ3) is 1.03. The van der Waals surface area contributed by atoms with Gasteiger partial charge in [0.15, 0.2) is 17.7 Å². The minimum Gasteiger partial charge on any atom is -0.436 e. The fourth-order valence-corrected chi connectivity index (χ4v) is 1.05. The maximum absolute atomic E-state index is 12.9. The van der Waals surface area contributed by atoms with Gasteiger partial charge >= 0.3 is 5.69 Å². The highest BCUT2D eigenvalue weighted by Crippen LogP contribution is 2.26. The molecule has 5 nitrogen and oxygen atoms in total. The number of oxazole rings is 1. The van der Waals surface area contributed by atoms with Gasteiger partial charge in [0.05, 0.1) is 4.92 Å². The van der Waals surface area contributed by atoms with Crippen molar-refractivity contribution in [3.05, 3.63) is 34.5 Å². The molecule has 0 fully saturated rings. The molecule has 6 heteroatoms. The van der Waals surface area contributed by atoms with E-state index in [1.807, 2.05) is 0 Å². The number of non-ortho nitro benzene ring substituents is 1. The smallest absolute Gasteiger partial charge is 0.314 e. The number of hydrogen-bond acceptors (Lipinski definition) is 4. The van der Waals surface area contributed by atoms with E-state index in [-0.39, 0.29) is 16.8 Å². The Morgan fingerprint density at radius 2 is 2.31 bits per heavy atom. The van der Waals surface area contributed by atoms with Gasteiger partial charge in [-0.15, -0.1) is 0 Å². The number of halogens is 1. The maximum atomic E-state index is 12.9. The minimum absolute atomic E-state index is 0.116. The van der Waals surface area contributed by atoms with Gasteiger partial charge in [-0.2, -0.15) is 0 Å². The number of fused-ring (bicyclic) bond motifs is 1. The van der Waals surface area contributed by atoms with Crippen molar-refractivity contribution in [3.63, 3.8) is 0 Å². The van der Waals surface area contributed by atoms with E-state index in [0.29, 0.717) is 0 Å². The van der Waals surface area contributed by atoms with Crippen molar-refractivity contribution < 1.29 is 13.7 Å². The molecule has 0 atom stereocenters. The predicted octanol–water partition coefficient (Wildman–Crippen LogP) is 1.88. The van der Waals surface area contributed by atoms with Crippen LogP contribution in [-0.4, -0.2) is 9.91 Å². The summed E-state index contributed by atoms with van der Waals surface area (Å²) in [5.74, 6) is -0.630. The monoisotopic (exact) mass is 182 g/mol. The highest BCUT2D eigenvalue weighted by molar-refractivity contribution is 5.82. The van der Waals surface area contributed by atoms with E-state index in [1.54, 1.807) is 0 Å². The molecular formula is C7H3FN2O3. The lowest BCUT2D eigenvalue weighted by atomic mass is 10.3. The SMILES string of the molecule is O=[N+]([O-])c1ccc(F)c2ncoc12. The third-order valence-corrected chi connectivity index (χ3v) is 1.61. The average Bonchev–Trinajstić information content (AvgIpc) is 2.53. The number of hydrogen-bond donors (Lipinski definition) is 0. The number of aromatic nitrogens is 1. The van der Waals surface area contributed by atoms with Gasteiger partial charge in [-0.3, -0.25) is 10.1 Å². The molecule has 0 aliphatic carbocycles. The molecule has 1 aromatic heterocycles. The Labute approximate surface area is 70.9 Å². The molecule has 13 heavy (non-hydrogen) atoms. The molecule has 1 aromatic carbocycles. The molecule has 1 heterocycles. The Hall–Kier alpha value is -1.98.